The third kappa shape index (κ3) is 3.37. The number of nitrogens with one attached hydrogen (secondary N) is 2. The molecule has 0 saturated carbocycles. The molecule has 1 aromatic rings. The first-order valence-electron chi connectivity index (χ1n) is 5.82. The number of ether oxygens (including phenoxy) is 1. The Kier molecular flexibility index (Phi) is 3.94. The number of hydrazine groups is 1. The molecule has 0 aliphatic carbocycles. The number of rotatable bonds is 3. The molecule has 0 spiro atoms. The molecule has 1 amide bonds. The summed E-state index contributed by atoms with van der Waals surface area (Å²) in [6.45, 7) is 0.497. The van der Waals surface area contributed by atoms with Crippen molar-refractivity contribution < 1.29 is 22.7 Å². The van der Waals surface area contributed by atoms with Crippen molar-refractivity contribution in [3.05, 3.63) is 29.8 Å². The van der Waals surface area contributed by atoms with Crippen LogP contribution in [0.15, 0.2) is 24.3 Å². The number of para-hydroxylation sites is 1. The Morgan fingerprint density at radius 3 is 2.68 bits per heavy atom. The molecule has 104 valence electrons. The summed E-state index contributed by atoms with van der Waals surface area (Å²) in [6, 6.07) is 4.94. The van der Waals surface area contributed by atoms with E-state index in [1.165, 1.54) is 18.2 Å². The molecule has 2 N–H and O–H groups in total. The van der Waals surface area contributed by atoms with E-state index in [1.54, 1.807) is 0 Å². The molecule has 1 saturated heterocycles. The smallest absolute Gasteiger partial charge is 0.368 e. The zero-order valence-electron chi connectivity index (χ0n) is 9.96. The summed E-state index contributed by atoms with van der Waals surface area (Å²) in [5, 5.41) is 0. The van der Waals surface area contributed by atoms with Crippen LogP contribution in [0, 0.1) is 0 Å². The van der Waals surface area contributed by atoms with Gasteiger partial charge in [-0.15, -0.1) is 0 Å². The summed E-state index contributed by atoms with van der Waals surface area (Å²) in [7, 11) is 0. The summed E-state index contributed by atoms with van der Waals surface area (Å²) in [5.41, 5.74) is 3.51. The molecule has 19 heavy (non-hydrogen) atoms. The fraction of sp³-hybridized carbons (Fsp3) is 0.417. The van der Waals surface area contributed by atoms with E-state index in [-0.39, 0.29) is 5.69 Å². The number of benzene rings is 1. The van der Waals surface area contributed by atoms with Crippen LogP contribution in [0.2, 0.25) is 0 Å². The SMILES string of the molecule is O=C(NNc1ccccc1C(F)(F)F)C1CCCO1. The number of carbonyl (C=O) groups excluding carboxylic acids is 1. The van der Waals surface area contributed by atoms with Crippen molar-refractivity contribution in [2.24, 2.45) is 0 Å². The highest BCUT2D eigenvalue weighted by atomic mass is 19.4. The maximum absolute atomic E-state index is 12.7. The Bertz CT molecular complexity index is 457. The standard InChI is InChI=1S/C12H13F3N2O2/c13-12(14,15)8-4-1-2-5-9(8)16-17-11(18)10-6-3-7-19-10/h1-2,4-5,10,16H,3,6-7H2,(H,17,18). The fourth-order valence-corrected chi connectivity index (χ4v) is 1.83. The summed E-state index contributed by atoms with van der Waals surface area (Å²) >= 11 is 0. The summed E-state index contributed by atoms with van der Waals surface area (Å²) in [5.74, 6) is -0.463. The average Bonchev–Trinajstić information content (AvgIpc) is 2.89. The highest BCUT2D eigenvalue weighted by Crippen LogP contribution is 2.34. The van der Waals surface area contributed by atoms with Gasteiger partial charge in [-0.1, -0.05) is 12.1 Å². The highest BCUT2D eigenvalue weighted by Gasteiger charge is 2.33. The number of hydrogen-bond donors (Lipinski definition) is 2. The van der Waals surface area contributed by atoms with E-state index < -0.39 is 23.8 Å². The van der Waals surface area contributed by atoms with Gasteiger partial charge in [0.05, 0.1) is 11.3 Å². The van der Waals surface area contributed by atoms with Crippen LogP contribution < -0.4 is 10.9 Å². The molecule has 2 rings (SSSR count). The van der Waals surface area contributed by atoms with Crippen molar-refractivity contribution in [2.75, 3.05) is 12.0 Å². The zero-order chi connectivity index (χ0) is 13.9. The zero-order valence-corrected chi connectivity index (χ0v) is 9.96. The van der Waals surface area contributed by atoms with Gasteiger partial charge in [0, 0.05) is 6.61 Å². The summed E-state index contributed by atoms with van der Waals surface area (Å²) in [6.07, 6.45) is -3.71. The van der Waals surface area contributed by atoms with Crippen LogP contribution in [0.25, 0.3) is 0 Å². The third-order valence-electron chi connectivity index (χ3n) is 2.77. The van der Waals surface area contributed by atoms with Gasteiger partial charge in [0.2, 0.25) is 0 Å². The van der Waals surface area contributed by atoms with Crippen LogP contribution in [0.1, 0.15) is 18.4 Å². The van der Waals surface area contributed by atoms with Crippen molar-refractivity contribution in [3.8, 4) is 0 Å². The number of amides is 1. The van der Waals surface area contributed by atoms with Gasteiger partial charge in [-0.25, -0.2) is 0 Å². The van der Waals surface area contributed by atoms with Crippen molar-refractivity contribution in [1.82, 2.24) is 5.43 Å². The lowest BCUT2D eigenvalue weighted by Crippen LogP contribution is -2.38. The van der Waals surface area contributed by atoms with E-state index >= 15 is 0 Å². The Morgan fingerprint density at radius 2 is 2.05 bits per heavy atom. The molecule has 0 aromatic heterocycles. The lowest BCUT2D eigenvalue weighted by Gasteiger charge is -2.16. The van der Waals surface area contributed by atoms with Crippen LogP contribution >= 0.6 is 0 Å². The second-order valence-electron chi connectivity index (χ2n) is 4.16. The summed E-state index contributed by atoms with van der Waals surface area (Å²) in [4.78, 5) is 11.6. The largest absolute Gasteiger partial charge is 0.418 e. The molecule has 1 aliphatic rings. The third-order valence-corrected chi connectivity index (χ3v) is 2.77. The number of alkyl halides is 3. The number of carbonyl (C=O) groups is 1. The quantitative estimate of drug-likeness (QED) is 0.832. The van der Waals surface area contributed by atoms with Gasteiger partial charge in [-0.05, 0) is 25.0 Å². The molecule has 1 heterocycles. The maximum atomic E-state index is 12.7. The Balaban J connectivity index is 2.01. The molecule has 1 fully saturated rings. The first kappa shape index (κ1) is 13.7. The van der Waals surface area contributed by atoms with E-state index in [2.05, 4.69) is 10.9 Å². The summed E-state index contributed by atoms with van der Waals surface area (Å²) < 4.78 is 43.2. The van der Waals surface area contributed by atoms with Crippen molar-refractivity contribution >= 4 is 11.6 Å². The maximum Gasteiger partial charge on any atom is 0.418 e. The molecule has 1 unspecified atom stereocenters. The van der Waals surface area contributed by atoms with Gasteiger partial charge in [0.25, 0.3) is 5.91 Å². The van der Waals surface area contributed by atoms with Crippen LogP contribution in [0.3, 0.4) is 0 Å². The minimum atomic E-state index is -4.47. The highest BCUT2D eigenvalue weighted by molar-refractivity contribution is 5.82. The topological polar surface area (TPSA) is 50.4 Å². The minimum absolute atomic E-state index is 0.193. The van der Waals surface area contributed by atoms with Crippen LogP contribution in [-0.2, 0) is 15.7 Å². The Hall–Kier alpha value is -1.76. The van der Waals surface area contributed by atoms with Crippen LogP contribution in [0.5, 0.6) is 0 Å². The lowest BCUT2D eigenvalue weighted by atomic mass is 10.2. The van der Waals surface area contributed by atoms with Gasteiger partial charge in [0.15, 0.2) is 0 Å². The molecule has 7 heteroatoms. The predicted octanol–water partition coefficient (Wildman–Crippen LogP) is 2.33. The monoisotopic (exact) mass is 274 g/mol. The van der Waals surface area contributed by atoms with Gasteiger partial charge < -0.3 is 4.74 Å². The van der Waals surface area contributed by atoms with Gasteiger partial charge in [0.1, 0.15) is 6.10 Å². The van der Waals surface area contributed by atoms with Gasteiger partial charge in [-0.3, -0.25) is 15.6 Å². The van der Waals surface area contributed by atoms with Crippen molar-refractivity contribution in [2.45, 2.75) is 25.1 Å². The minimum Gasteiger partial charge on any atom is -0.368 e. The molecule has 1 aliphatic heterocycles. The molecular weight excluding hydrogens is 261 g/mol. The van der Waals surface area contributed by atoms with E-state index in [0.29, 0.717) is 13.0 Å². The first-order valence-corrected chi connectivity index (χ1v) is 5.82. The van der Waals surface area contributed by atoms with Gasteiger partial charge in [-0.2, -0.15) is 13.2 Å². The van der Waals surface area contributed by atoms with E-state index in [9.17, 15) is 18.0 Å². The Labute approximate surface area is 107 Å². The number of anilines is 1. The molecule has 1 aromatic carbocycles. The average molecular weight is 274 g/mol. The fourth-order valence-electron chi connectivity index (χ4n) is 1.83. The number of hydrogen-bond acceptors (Lipinski definition) is 3. The normalized spacial score (nSPS) is 19.2. The second-order valence-corrected chi connectivity index (χ2v) is 4.16. The molecule has 4 nitrogen and oxygen atoms in total. The second kappa shape index (κ2) is 5.48. The van der Waals surface area contributed by atoms with Crippen molar-refractivity contribution in [3.63, 3.8) is 0 Å². The molecule has 1 atom stereocenters. The molecule has 0 radical (unpaired) electrons. The van der Waals surface area contributed by atoms with Gasteiger partial charge >= 0.3 is 6.18 Å². The van der Waals surface area contributed by atoms with Crippen LogP contribution in [-0.4, -0.2) is 18.6 Å². The van der Waals surface area contributed by atoms with Crippen molar-refractivity contribution in [1.29, 1.82) is 0 Å². The Morgan fingerprint density at radius 1 is 1.32 bits per heavy atom. The van der Waals surface area contributed by atoms with E-state index in [1.807, 2.05) is 0 Å². The predicted molar refractivity (Wildman–Crippen MR) is 62.2 cm³/mol. The molecular formula is C12H13F3N2O2. The number of halogens is 3. The van der Waals surface area contributed by atoms with Crippen LogP contribution in [0.4, 0.5) is 18.9 Å². The first-order chi connectivity index (χ1) is 8.98. The molecule has 0 bridgehead atoms. The van der Waals surface area contributed by atoms with E-state index in [0.717, 1.165) is 12.5 Å². The van der Waals surface area contributed by atoms with E-state index in [4.69, 9.17) is 4.74 Å². The lowest BCUT2D eigenvalue weighted by molar-refractivity contribution is -0.137.